The Hall–Kier alpha value is -3.63. The van der Waals surface area contributed by atoms with Gasteiger partial charge in [0.05, 0.1) is 11.1 Å². The number of piperidine rings is 1. The second-order valence-electron chi connectivity index (χ2n) is 11.7. The van der Waals surface area contributed by atoms with Gasteiger partial charge in [0.2, 0.25) is 11.8 Å². The number of carbonyl (C=O) groups is 5. The largest absolute Gasteiger partial charge is 0.465 e. The lowest BCUT2D eigenvalue weighted by atomic mass is 9.32. The van der Waals surface area contributed by atoms with Crippen molar-refractivity contribution in [2.75, 3.05) is 0 Å². The number of hydrogen-bond acceptors (Lipinski definition) is 5. The van der Waals surface area contributed by atoms with E-state index < -0.39 is 35.2 Å². The molecule has 5 aliphatic rings. The van der Waals surface area contributed by atoms with E-state index in [1.165, 1.54) is 4.90 Å². The summed E-state index contributed by atoms with van der Waals surface area (Å²) in [5.74, 6) is -1.70. The number of hydrogen-bond donors (Lipinski definition) is 5. The van der Waals surface area contributed by atoms with E-state index in [1.54, 1.807) is 6.07 Å². The van der Waals surface area contributed by atoms with Crippen LogP contribution in [0.2, 0.25) is 0 Å². The first-order chi connectivity index (χ1) is 16.8. The lowest BCUT2D eigenvalue weighted by Crippen LogP contribution is -2.91. The Balaban J connectivity index is 1.48. The molecule has 0 aromatic heterocycles. The summed E-state index contributed by atoms with van der Waals surface area (Å²) in [5, 5.41) is 26.6. The van der Waals surface area contributed by atoms with Gasteiger partial charge < -0.3 is 25.7 Å². The number of carbonyl (C=O) groups excluding carboxylic acids is 3. The number of benzene rings is 1. The molecule has 2 bridgehead atoms. The van der Waals surface area contributed by atoms with Gasteiger partial charge >= 0.3 is 12.2 Å². The molecule has 5 amide bonds. The Bertz CT molecular complexity index is 1170. The highest BCUT2D eigenvalue weighted by Gasteiger charge is 2.79. The van der Waals surface area contributed by atoms with E-state index in [0.717, 1.165) is 11.1 Å². The topological polar surface area (TPSA) is 165 Å². The van der Waals surface area contributed by atoms with Crippen LogP contribution in [0.1, 0.15) is 73.9 Å². The maximum atomic E-state index is 13.4. The summed E-state index contributed by atoms with van der Waals surface area (Å²) in [7, 11) is 0. The summed E-state index contributed by atoms with van der Waals surface area (Å²) in [6.07, 6.45) is -1.10. The quantitative estimate of drug-likeness (QED) is 0.387. The molecule has 6 rings (SSSR count). The summed E-state index contributed by atoms with van der Waals surface area (Å²) in [6, 6.07) is 4.86. The monoisotopic (exact) mass is 498 g/mol. The van der Waals surface area contributed by atoms with Crippen molar-refractivity contribution in [2.24, 2.45) is 11.3 Å². The first-order valence-corrected chi connectivity index (χ1v) is 12.1. The molecule has 1 saturated heterocycles. The number of rotatable bonds is 5. The maximum absolute atomic E-state index is 13.4. The van der Waals surface area contributed by atoms with Crippen molar-refractivity contribution in [3.8, 4) is 0 Å². The summed E-state index contributed by atoms with van der Waals surface area (Å²) >= 11 is 0. The van der Waals surface area contributed by atoms with Crippen LogP contribution < -0.4 is 16.0 Å². The van der Waals surface area contributed by atoms with Crippen molar-refractivity contribution in [2.45, 2.75) is 76.0 Å². The minimum absolute atomic E-state index is 0.173. The zero-order valence-electron chi connectivity index (χ0n) is 20.4. The van der Waals surface area contributed by atoms with Crippen molar-refractivity contribution in [1.29, 1.82) is 0 Å². The maximum Gasteiger partial charge on any atom is 0.405 e. The van der Waals surface area contributed by atoms with Crippen LogP contribution >= 0.6 is 0 Å². The highest BCUT2D eigenvalue weighted by molar-refractivity contribution is 6.05. The van der Waals surface area contributed by atoms with E-state index in [-0.39, 0.29) is 48.5 Å². The van der Waals surface area contributed by atoms with E-state index in [4.69, 9.17) is 0 Å². The molecular weight excluding hydrogens is 468 g/mol. The van der Waals surface area contributed by atoms with Gasteiger partial charge in [0.25, 0.3) is 5.91 Å². The smallest absolute Gasteiger partial charge is 0.405 e. The molecule has 2 heterocycles. The van der Waals surface area contributed by atoms with E-state index in [0.29, 0.717) is 18.4 Å². The molecule has 1 aromatic carbocycles. The van der Waals surface area contributed by atoms with Crippen LogP contribution in [0.15, 0.2) is 18.2 Å². The fraction of sp³-hybridized carbons (Fsp3) is 0.560. The number of nitrogens with zero attached hydrogens (tertiary/aromatic N) is 1. The average Bonchev–Trinajstić information content (AvgIpc) is 3.05. The molecule has 36 heavy (non-hydrogen) atoms. The van der Waals surface area contributed by atoms with Crippen LogP contribution in [0.4, 0.5) is 9.59 Å². The Kier molecular flexibility index (Phi) is 5.14. The van der Waals surface area contributed by atoms with Crippen LogP contribution in [0.25, 0.3) is 0 Å². The minimum atomic E-state index is -1.15. The molecular formula is C25H30N4O7. The number of amides is 5. The molecule has 0 radical (unpaired) electrons. The summed E-state index contributed by atoms with van der Waals surface area (Å²) < 4.78 is 0. The summed E-state index contributed by atoms with van der Waals surface area (Å²) in [4.78, 5) is 62.0. The highest BCUT2D eigenvalue weighted by atomic mass is 16.4. The van der Waals surface area contributed by atoms with Crippen LogP contribution in [0, 0.1) is 11.3 Å². The predicted octanol–water partition coefficient (Wildman–Crippen LogP) is 2.01. The van der Waals surface area contributed by atoms with Crippen LogP contribution in [0.3, 0.4) is 0 Å². The third-order valence-electron chi connectivity index (χ3n) is 8.34. The Morgan fingerprint density at radius 2 is 1.69 bits per heavy atom. The number of fused-ring (bicyclic) bond motifs is 1. The molecule has 0 spiro atoms. The first-order valence-electron chi connectivity index (χ1n) is 12.1. The zero-order chi connectivity index (χ0) is 26.2. The second-order valence-corrected chi connectivity index (χ2v) is 11.7. The minimum Gasteiger partial charge on any atom is -0.465 e. The predicted molar refractivity (Wildman–Crippen MR) is 125 cm³/mol. The third-order valence-corrected chi connectivity index (χ3v) is 8.34. The Labute approximate surface area is 207 Å². The van der Waals surface area contributed by atoms with Crippen molar-refractivity contribution in [3.05, 3.63) is 34.9 Å². The zero-order valence-corrected chi connectivity index (χ0v) is 20.4. The first kappa shape index (κ1) is 24.1. The van der Waals surface area contributed by atoms with Gasteiger partial charge in [-0.1, -0.05) is 32.9 Å². The number of nitrogens with one attached hydrogen (secondary N) is 3. The normalized spacial score (nSPS) is 31.5. The molecule has 1 aromatic rings. The molecule has 3 saturated carbocycles. The molecule has 3 aliphatic carbocycles. The molecule has 11 nitrogen and oxygen atoms in total. The van der Waals surface area contributed by atoms with Crippen LogP contribution in [-0.4, -0.2) is 62.1 Å². The Morgan fingerprint density at radius 3 is 2.22 bits per heavy atom. The highest BCUT2D eigenvalue weighted by Crippen LogP contribution is 2.71. The van der Waals surface area contributed by atoms with Gasteiger partial charge in [-0.05, 0) is 47.8 Å². The lowest BCUT2D eigenvalue weighted by Gasteiger charge is -2.78. The van der Waals surface area contributed by atoms with Gasteiger partial charge in [0.15, 0.2) is 0 Å². The molecule has 11 heteroatoms. The van der Waals surface area contributed by atoms with Crippen molar-refractivity contribution in [1.82, 2.24) is 20.9 Å². The Morgan fingerprint density at radius 1 is 1.08 bits per heavy atom. The van der Waals surface area contributed by atoms with Crippen molar-refractivity contribution in [3.63, 3.8) is 0 Å². The summed E-state index contributed by atoms with van der Waals surface area (Å²) in [6.45, 7) is 6.31. The van der Waals surface area contributed by atoms with E-state index in [2.05, 4.69) is 16.0 Å². The second kappa shape index (κ2) is 7.68. The van der Waals surface area contributed by atoms with Gasteiger partial charge in [0.1, 0.15) is 6.04 Å². The SMILES string of the molecule is CC(C)(C)C(c1ccc2c(c1)C(=O)N(C1CCC(=O)NC1=O)C2)C1C2(NC(=O)O)CC1(NC(=O)O)C2. The molecule has 2 aliphatic heterocycles. The van der Waals surface area contributed by atoms with Gasteiger partial charge in [-0.15, -0.1) is 0 Å². The molecule has 192 valence electrons. The van der Waals surface area contributed by atoms with Crippen LogP contribution in [0.5, 0.6) is 0 Å². The molecule has 2 atom stereocenters. The standard InChI is InChI=1S/C25H30N4O7/c1-23(2,3)17(18-24(27-21(33)34)10-25(18,11-24)28-22(35)36)12-4-5-13-9-29(20(32)14(13)8-12)15-6-7-16(30)26-19(15)31/h4-5,8,15,17-18,27-28H,6-7,9-11H2,1-3H3,(H,33,34)(H,35,36)(H,26,30,31). The van der Waals surface area contributed by atoms with Gasteiger partial charge in [-0.25, -0.2) is 9.59 Å². The van der Waals surface area contributed by atoms with Gasteiger partial charge in [0, 0.05) is 24.4 Å². The lowest BCUT2D eigenvalue weighted by molar-refractivity contribution is -0.194. The fourth-order valence-corrected chi connectivity index (χ4v) is 7.14. The van der Waals surface area contributed by atoms with Crippen LogP contribution in [-0.2, 0) is 16.1 Å². The number of imide groups is 1. The third kappa shape index (κ3) is 3.51. The van der Waals surface area contributed by atoms with Gasteiger partial charge in [-0.3, -0.25) is 19.7 Å². The molecule has 5 N–H and O–H groups in total. The fourth-order valence-electron chi connectivity index (χ4n) is 7.14. The average molecular weight is 499 g/mol. The van der Waals surface area contributed by atoms with E-state index >= 15 is 0 Å². The van der Waals surface area contributed by atoms with E-state index in [1.807, 2.05) is 32.9 Å². The van der Waals surface area contributed by atoms with E-state index in [9.17, 15) is 34.2 Å². The molecule has 4 fully saturated rings. The summed E-state index contributed by atoms with van der Waals surface area (Å²) in [5.41, 5.74) is 0.192. The van der Waals surface area contributed by atoms with Crippen molar-refractivity contribution >= 4 is 29.9 Å². The van der Waals surface area contributed by atoms with Gasteiger partial charge in [-0.2, -0.15) is 0 Å². The molecule has 2 unspecified atom stereocenters. The number of carboxylic acid groups (broad SMARTS) is 2. The van der Waals surface area contributed by atoms with Crippen molar-refractivity contribution < 1.29 is 34.2 Å².